The first kappa shape index (κ1) is 16.0. The lowest BCUT2D eigenvalue weighted by Gasteiger charge is -2.15. The van der Waals surface area contributed by atoms with E-state index in [1.54, 1.807) is 0 Å². The average molecular weight is 371 g/mol. The normalized spacial score (nSPS) is 12.3. The molecule has 21 heavy (non-hydrogen) atoms. The van der Waals surface area contributed by atoms with E-state index in [1.165, 1.54) is 12.4 Å². The molecule has 0 spiro atoms. The number of nitrogens with one attached hydrogen (secondary N) is 1. The minimum atomic E-state index is -4.09. The fourth-order valence-corrected chi connectivity index (χ4v) is 3.61. The zero-order valence-corrected chi connectivity index (χ0v) is 13.0. The molecule has 1 aromatic heterocycles. The van der Waals surface area contributed by atoms with Crippen molar-refractivity contribution in [3.8, 4) is 0 Å². The molecular formula is C10H6Cl3N3O4S. The van der Waals surface area contributed by atoms with Crippen LogP contribution in [0.4, 0.5) is 5.69 Å². The number of imidazole rings is 1. The van der Waals surface area contributed by atoms with Crippen LogP contribution in [0.2, 0.25) is 0 Å². The average Bonchev–Trinajstić information content (AvgIpc) is 2.91. The van der Waals surface area contributed by atoms with Gasteiger partial charge in [0.15, 0.2) is 0 Å². The fourth-order valence-electron chi connectivity index (χ4n) is 1.59. The van der Waals surface area contributed by atoms with Crippen molar-refractivity contribution in [2.75, 3.05) is 0 Å². The number of nitro groups is 1. The largest absolute Gasteiger partial charge is 0.335 e. The number of sulfone groups is 1. The molecule has 112 valence electrons. The lowest BCUT2D eigenvalue weighted by Crippen LogP contribution is -2.13. The Hall–Kier alpha value is -1.35. The second-order valence-electron chi connectivity index (χ2n) is 3.83. The third-order valence-electron chi connectivity index (χ3n) is 2.50. The highest BCUT2D eigenvalue weighted by atomic mass is 35.6. The topological polar surface area (TPSA) is 106 Å². The van der Waals surface area contributed by atoms with Crippen molar-refractivity contribution in [3.05, 3.63) is 46.3 Å². The Bertz CT molecular complexity index is 784. The van der Waals surface area contributed by atoms with Crippen LogP contribution in [0.25, 0.3) is 0 Å². The number of alkyl halides is 3. The number of halogens is 3. The summed E-state index contributed by atoms with van der Waals surface area (Å²) in [5, 5.41) is 10.4. The predicted octanol–water partition coefficient (Wildman–Crippen LogP) is 2.98. The highest BCUT2D eigenvalue weighted by molar-refractivity contribution is 7.91. The van der Waals surface area contributed by atoms with Crippen LogP contribution in [-0.2, 0) is 13.6 Å². The van der Waals surface area contributed by atoms with Crippen LogP contribution in [0.15, 0.2) is 40.6 Å². The third kappa shape index (κ3) is 3.13. The smallest absolute Gasteiger partial charge is 0.269 e. The molecule has 2 aromatic rings. The van der Waals surface area contributed by atoms with E-state index in [0.717, 1.165) is 18.2 Å². The molecule has 0 aliphatic rings. The number of benzene rings is 1. The van der Waals surface area contributed by atoms with Crippen LogP contribution >= 0.6 is 34.8 Å². The van der Waals surface area contributed by atoms with Crippen molar-refractivity contribution in [1.29, 1.82) is 0 Å². The summed E-state index contributed by atoms with van der Waals surface area (Å²) < 4.78 is 22.7. The maximum absolute atomic E-state index is 12.4. The van der Waals surface area contributed by atoms with Crippen LogP contribution < -0.4 is 0 Å². The Morgan fingerprint density at radius 1 is 1.29 bits per heavy atom. The van der Waals surface area contributed by atoms with Gasteiger partial charge in [-0.2, -0.15) is 0 Å². The molecule has 0 unspecified atom stereocenters. The van der Waals surface area contributed by atoms with E-state index in [1.807, 2.05) is 0 Å². The van der Waals surface area contributed by atoms with E-state index in [2.05, 4.69) is 9.97 Å². The number of rotatable bonds is 3. The van der Waals surface area contributed by atoms with Gasteiger partial charge < -0.3 is 4.98 Å². The molecule has 7 nitrogen and oxygen atoms in total. The van der Waals surface area contributed by atoms with Gasteiger partial charge in [0, 0.05) is 30.1 Å². The zero-order valence-electron chi connectivity index (χ0n) is 9.96. The molecule has 0 aliphatic heterocycles. The zero-order chi connectivity index (χ0) is 15.8. The molecule has 0 aliphatic carbocycles. The summed E-state index contributed by atoms with van der Waals surface area (Å²) in [6.45, 7) is 0. The fraction of sp³-hybridized carbons (Fsp3) is 0.100. The number of hydrogen-bond acceptors (Lipinski definition) is 5. The maximum atomic E-state index is 12.4. The first-order valence-electron chi connectivity index (χ1n) is 5.24. The van der Waals surface area contributed by atoms with Crippen molar-refractivity contribution in [2.45, 2.75) is 13.8 Å². The molecule has 11 heteroatoms. The van der Waals surface area contributed by atoms with Gasteiger partial charge in [-0.3, -0.25) is 10.1 Å². The summed E-state index contributed by atoms with van der Waals surface area (Å²) in [6, 6.07) is 2.92. The van der Waals surface area contributed by atoms with Crippen LogP contribution in [0.3, 0.4) is 0 Å². The van der Waals surface area contributed by atoms with Crippen molar-refractivity contribution in [1.82, 2.24) is 9.97 Å². The molecule has 0 saturated heterocycles. The van der Waals surface area contributed by atoms with Crippen molar-refractivity contribution < 1.29 is 13.3 Å². The van der Waals surface area contributed by atoms with E-state index in [0.29, 0.717) is 0 Å². The number of nitrogens with zero attached hydrogens (tertiary/aromatic N) is 2. The first-order valence-corrected chi connectivity index (χ1v) is 7.86. The molecule has 0 fully saturated rings. The second kappa shape index (κ2) is 5.45. The molecule has 0 amide bonds. The number of H-pyrrole nitrogens is 1. The van der Waals surface area contributed by atoms with Crippen LogP contribution in [-0.4, -0.2) is 23.3 Å². The number of nitro benzene ring substituents is 1. The van der Waals surface area contributed by atoms with Crippen LogP contribution in [0.1, 0.15) is 5.56 Å². The summed E-state index contributed by atoms with van der Waals surface area (Å²) in [4.78, 5) is 15.8. The quantitative estimate of drug-likeness (QED) is 0.508. The third-order valence-corrected chi connectivity index (χ3v) is 4.77. The van der Waals surface area contributed by atoms with Gasteiger partial charge in [0.25, 0.3) is 5.69 Å². The Labute approximate surface area is 133 Å². The number of aromatic nitrogens is 2. The molecule has 0 bridgehead atoms. The molecule has 0 radical (unpaired) electrons. The van der Waals surface area contributed by atoms with Crippen molar-refractivity contribution >= 4 is 50.3 Å². The van der Waals surface area contributed by atoms with Gasteiger partial charge >= 0.3 is 0 Å². The standard InChI is InChI=1S/C10H6Cl3N3O4S/c11-10(12,13)7-5-6(16(17)18)1-2-8(7)21(19,20)9-14-3-4-15-9/h1-5H,(H,14,15). The van der Waals surface area contributed by atoms with Gasteiger partial charge in [-0.1, -0.05) is 34.8 Å². The summed E-state index contributed by atoms with van der Waals surface area (Å²) in [5.74, 6) is 0. The molecule has 2 rings (SSSR count). The highest BCUT2D eigenvalue weighted by Crippen LogP contribution is 2.43. The van der Waals surface area contributed by atoms with Gasteiger partial charge in [-0.05, 0) is 6.07 Å². The minimum absolute atomic E-state index is 0.321. The second-order valence-corrected chi connectivity index (χ2v) is 7.95. The number of hydrogen-bond donors (Lipinski definition) is 1. The Morgan fingerprint density at radius 3 is 2.43 bits per heavy atom. The SMILES string of the molecule is O=[N+]([O-])c1ccc(S(=O)(=O)c2ncc[nH]2)c(C(Cl)(Cl)Cl)c1. The van der Waals surface area contributed by atoms with Gasteiger partial charge in [-0.25, -0.2) is 13.4 Å². The Morgan fingerprint density at radius 2 is 1.95 bits per heavy atom. The molecule has 1 heterocycles. The first-order chi connectivity index (χ1) is 9.64. The van der Waals surface area contributed by atoms with Gasteiger partial charge in [-0.15, -0.1) is 0 Å². The molecule has 0 atom stereocenters. The van der Waals surface area contributed by atoms with E-state index in [4.69, 9.17) is 34.8 Å². The van der Waals surface area contributed by atoms with E-state index in [-0.39, 0.29) is 15.6 Å². The van der Waals surface area contributed by atoms with E-state index in [9.17, 15) is 18.5 Å². The maximum Gasteiger partial charge on any atom is 0.269 e. The summed E-state index contributed by atoms with van der Waals surface area (Å²) in [6.07, 6.45) is 2.56. The van der Waals surface area contributed by atoms with Crippen LogP contribution in [0.5, 0.6) is 0 Å². The molecular weight excluding hydrogens is 365 g/mol. The van der Waals surface area contributed by atoms with Crippen LogP contribution in [0, 0.1) is 10.1 Å². The number of aromatic amines is 1. The Kier molecular flexibility index (Phi) is 4.16. The summed E-state index contributed by atoms with van der Waals surface area (Å²) >= 11 is 17.2. The predicted molar refractivity (Wildman–Crippen MR) is 76.4 cm³/mol. The Balaban J connectivity index is 2.73. The highest BCUT2D eigenvalue weighted by Gasteiger charge is 2.34. The molecule has 0 saturated carbocycles. The minimum Gasteiger partial charge on any atom is -0.335 e. The lowest BCUT2D eigenvalue weighted by atomic mass is 10.2. The van der Waals surface area contributed by atoms with Gasteiger partial charge in [0.05, 0.1) is 9.82 Å². The van der Waals surface area contributed by atoms with Gasteiger partial charge in [0.2, 0.25) is 18.8 Å². The van der Waals surface area contributed by atoms with Gasteiger partial charge in [0.1, 0.15) is 0 Å². The lowest BCUT2D eigenvalue weighted by molar-refractivity contribution is -0.385. The number of non-ortho nitro benzene ring substituents is 1. The monoisotopic (exact) mass is 369 g/mol. The van der Waals surface area contributed by atoms with E-state index >= 15 is 0 Å². The van der Waals surface area contributed by atoms with Crippen molar-refractivity contribution in [2.24, 2.45) is 0 Å². The molecule has 1 N–H and O–H groups in total. The van der Waals surface area contributed by atoms with E-state index < -0.39 is 24.2 Å². The summed E-state index contributed by atoms with van der Waals surface area (Å²) in [5.41, 5.74) is -0.715. The van der Waals surface area contributed by atoms with Crippen molar-refractivity contribution in [3.63, 3.8) is 0 Å². The summed E-state index contributed by atoms with van der Waals surface area (Å²) in [7, 11) is -4.09. The molecule has 1 aromatic carbocycles.